The van der Waals surface area contributed by atoms with Gasteiger partial charge in [-0.2, -0.15) is 5.26 Å². The van der Waals surface area contributed by atoms with Gasteiger partial charge in [-0.15, -0.1) is 5.10 Å². The van der Waals surface area contributed by atoms with E-state index in [1.54, 1.807) is 30.9 Å². The van der Waals surface area contributed by atoms with Crippen molar-refractivity contribution in [3.05, 3.63) is 107 Å². The molecule has 2 aromatic carbocycles. The highest BCUT2D eigenvalue weighted by atomic mass is 35.5. The summed E-state index contributed by atoms with van der Waals surface area (Å²) < 4.78 is 14.4. The summed E-state index contributed by atoms with van der Waals surface area (Å²) in [5.41, 5.74) is 4.91. The molecule has 3 aromatic heterocycles. The van der Waals surface area contributed by atoms with Crippen molar-refractivity contribution in [3.8, 4) is 6.07 Å². The second kappa shape index (κ2) is 11.9. The summed E-state index contributed by atoms with van der Waals surface area (Å²) in [4.78, 5) is 8.74. The van der Waals surface area contributed by atoms with Crippen molar-refractivity contribution in [2.75, 3.05) is 17.3 Å². The third kappa shape index (κ3) is 5.66. The summed E-state index contributed by atoms with van der Waals surface area (Å²) in [5, 5.41) is 26.5. The van der Waals surface area contributed by atoms with Gasteiger partial charge >= 0.3 is 0 Å². The summed E-state index contributed by atoms with van der Waals surface area (Å²) in [6, 6.07) is 19.4. The van der Waals surface area contributed by atoms with E-state index >= 15 is 0 Å². The fourth-order valence-corrected chi connectivity index (χ4v) is 4.81. The van der Waals surface area contributed by atoms with Crippen LogP contribution in [0.25, 0.3) is 10.9 Å². The first-order chi connectivity index (χ1) is 19.1. The van der Waals surface area contributed by atoms with Gasteiger partial charge in [-0.1, -0.05) is 60.1 Å². The smallest absolute Gasteiger partial charge is 0.110 e. The van der Waals surface area contributed by atoms with E-state index in [0.29, 0.717) is 38.6 Å². The fourth-order valence-electron chi connectivity index (χ4n) is 4.55. The van der Waals surface area contributed by atoms with Gasteiger partial charge in [-0.3, -0.25) is 9.97 Å². The second-order valence-electron chi connectivity index (χ2n) is 8.99. The lowest BCUT2D eigenvalue weighted by Crippen LogP contribution is -2.14. The summed E-state index contributed by atoms with van der Waals surface area (Å²) >= 11 is 6.74. The number of halogens is 2. The lowest BCUT2D eigenvalue weighted by atomic mass is 10.0. The molecule has 5 aromatic rings. The number of nitrogens with zero attached hydrogens (tertiary/aromatic N) is 6. The topological polar surface area (TPSA) is 104 Å². The maximum Gasteiger partial charge on any atom is 0.110 e. The highest BCUT2D eigenvalue weighted by molar-refractivity contribution is 6.35. The first kappa shape index (κ1) is 26.1. The van der Waals surface area contributed by atoms with Gasteiger partial charge in [0.1, 0.15) is 18.4 Å². The van der Waals surface area contributed by atoms with Crippen molar-refractivity contribution >= 4 is 33.9 Å². The lowest BCUT2D eigenvalue weighted by Gasteiger charge is -2.22. The number of nitriles is 1. The Morgan fingerprint density at radius 2 is 1.90 bits per heavy atom. The van der Waals surface area contributed by atoms with Crippen LogP contribution in [0.5, 0.6) is 0 Å². The molecule has 0 aliphatic rings. The lowest BCUT2D eigenvalue weighted by molar-refractivity contribution is 0.422. The predicted octanol–water partition coefficient (Wildman–Crippen LogP) is 6.48. The van der Waals surface area contributed by atoms with E-state index in [-0.39, 0.29) is 12.6 Å². The van der Waals surface area contributed by atoms with Gasteiger partial charge in [0.05, 0.1) is 46.6 Å². The van der Waals surface area contributed by atoms with E-state index in [1.807, 2.05) is 36.4 Å². The Hall–Kier alpha value is -4.55. The molecule has 10 heteroatoms. The Morgan fingerprint density at radius 3 is 2.62 bits per heavy atom. The second-order valence-corrected chi connectivity index (χ2v) is 9.40. The largest absolute Gasteiger partial charge is 0.377 e. The van der Waals surface area contributed by atoms with Gasteiger partial charge in [-0.25, -0.2) is 9.07 Å². The minimum absolute atomic E-state index is 0.0204. The van der Waals surface area contributed by atoms with E-state index in [4.69, 9.17) is 11.6 Å². The molecule has 0 aliphatic carbocycles. The molecule has 39 heavy (non-hydrogen) atoms. The fraction of sp³-hybridized carbons (Fsp3) is 0.207. The molecule has 0 amide bonds. The van der Waals surface area contributed by atoms with Crippen LogP contribution < -0.4 is 10.6 Å². The molecule has 0 radical (unpaired) electrons. The molecular formula is C29H26ClFN8. The molecule has 5 rings (SSSR count). The molecule has 3 heterocycles. The molecule has 196 valence electrons. The minimum Gasteiger partial charge on any atom is -0.377 e. The number of alkyl halides is 1. The zero-order valence-corrected chi connectivity index (χ0v) is 22.0. The quantitative estimate of drug-likeness (QED) is 0.209. The summed E-state index contributed by atoms with van der Waals surface area (Å²) in [7, 11) is 0. The van der Waals surface area contributed by atoms with Gasteiger partial charge in [-0.05, 0) is 35.7 Å². The SMILES string of the molecule is CCC(Nc1c(C#N)cnc2c(Cl)cc(N[C@@H](c3cccnc3)c3cn(CCF)nn3)cc12)c1ccccc1. The number of rotatable bonds is 10. The number of fused-ring (bicyclic) bond motifs is 1. The van der Waals surface area contributed by atoms with Crippen molar-refractivity contribution in [3.63, 3.8) is 0 Å². The molecule has 2 atom stereocenters. The Kier molecular flexibility index (Phi) is 7.94. The number of aryl methyl sites for hydroxylation is 1. The maximum atomic E-state index is 12.9. The van der Waals surface area contributed by atoms with Crippen LogP contribution in [0, 0.1) is 11.3 Å². The number of nitrogens with one attached hydrogen (secondary N) is 2. The minimum atomic E-state index is -0.542. The third-order valence-corrected chi connectivity index (χ3v) is 6.76. The van der Waals surface area contributed by atoms with Gasteiger partial charge in [0.2, 0.25) is 0 Å². The van der Waals surface area contributed by atoms with Crippen molar-refractivity contribution in [1.82, 2.24) is 25.0 Å². The summed E-state index contributed by atoms with van der Waals surface area (Å²) in [6.45, 7) is 1.67. The normalized spacial score (nSPS) is 12.6. The average molecular weight is 541 g/mol. The van der Waals surface area contributed by atoms with E-state index in [0.717, 1.165) is 17.5 Å². The van der Waals surface area contributed by atoms with Crippen LogP contribution in [0.2, 0.25) is 5.02 Å². The van der Waals surface area contributed by atoms with E-state index < -0.39 is 12.7 Å². The Bertz CT molecular complexity index is 1600. The van der Waals surface area contributed by atoms with Crippen molar-refractivity contribution in [2.45, 2.75) is 32.0 Å². The van der Waals surface area contributed by atoms with Crippen LogP contribution in [-0.4, -0.2) is 31.6 Å². The summed E-state index contributed by atoms with van der Waals surface area (Å²) in [5.74, 6) is 0. The van der Waals surface area contributed by atoms with E-state index in [2.05, 4.69) is 56.0 Å². The van der Waals surface area contributed by atoms with Gasteiger partial charge in [0.25, 0.3) is 0 Å². The predicted molar refractivity (Wildman–Crippen MR) is 150 cm³/mol. The third-order valence-electron chi connectivity index (χ3n) is 6.47. The maximum absolute atomic E-state index is 12.9. The Labute approximate surface area is 230 Å². The number of hydrogen-bond donors (Lipinski definition) is 2. The Morgan fingerprint density at radius 1 is 1.08 bits per heavy atom. The average Bonchev–Trinajstić information content (AvgIpc) is 3.44. The first-order valence-corrected chi connectivity index (χ1v) is 12.9. The van der Waals surface area contributed by atoms with Crippen molar-refractivity contribution in [1.29, 1.82) is 5.26 Å². The van der Waals surface area contributed by atoms with Crippen molar-refractivity contribution in [2.24, 2.45) is 0 Å². The molecule has 0 spiro atoms. The van der Waals surface area contributed by atoms with Gasteiger partial charge < -0.3 is 10.6 Å². The molecule has 0 saturated carbocycles. The van der Waals surface area contributed by atoms with Crippen LogP contribution in [-0.2, 0) is 6.54 Å². The van der Waals surface area contributed by atoms with Crippen LogP contribution in [0.15, 0.2) is 79.4 Å². The zero-order chi connectivity index (χ0) is 27.2. The zero-order valence-electron chi connectivity index (χ0n) is 21.2. The Balaban J connectivity index is 1.58. The number of anilines is 2. The number of hydrogen-bond acceptors (Lipinski definition) is 7. The van der Waals surface area contributed by atoms with Crippen LogP contribution in [0.1, 0.15) is 47.8 Å². The molecule has 2 N–H and O–H groups in total. The number of pyridine rings is 2. The first-order valence-electron chi connectivity index (χ1n) is 12.6. The molecule has 0 bridgehead atoms. The standard InChI is InChI=1S/C29H26ClFN8/c1-2-25(19-7-4-3-5-8-19)36-27-21(15-32)17-34-29-23(27)13-22(14-24(29)30)35-28(20-9-6-11-33-16-20)26-18-39(12-10-31)38-37-26/h3-9,11,13-14,16-18,25,28,35H,2,10,12H2,1H3,(H,34,36)/t25?,28-/m0/s1. The molecular weight excluding hydrogens is 515 g/mol. The molecule has 0 fully saturated rings. The van der Waals surface area contributed by atoms with Crippen LogP contribution in [0.3, 0.4) is 0 Å². The number of aromatic nitrogens is 5. The summed E-state index contributed by atoms with van der Waals surface area (Å²) in [6.07, 6.45) is 7.49. The van der Waals surface area contributed by atoms with E-state index in [9.17, 15) is 9.65 Å². The highest BCUT2D eigenvalue weighted by Crippen LogP contribution is 2.37. The monoisotopic (exact) mass is 540 g/mol. The highest BCUT2D eigenvalue weighted by Gasteiger charge is 2.21. The molecule has 1 unspecified atom stereocenters. The van der Waals surface area contributed by atoms with Gasteiger partial charge in [0.15, 0.2) is 0 Å². The molecule has 8 nitrogen and oxygen atoms in total. The van der Waals surface area contributed by atoms with E-state index in [1.165, 1.54) is 4.68 Å². The van der Waals surface area contributed by atoms with Crippen molar-refractivity contribution < 1.29 is 4.39 Å². The number of benzene rings is 2. The van der Waals surface area contributed by atoms with Crippen LogP contribution >= 0.6 is 11.6 Å². The molecule has 0 saturated heterocycles. The van der Waals surface area contributed by atoms with Crippen LogP contribution in [0.4, 0.5) is 15.8 Å². The van der Waals surface area contributed by atoms with Gasteiger partial charge in [0, 0.05) is 29.7 Å². The molecule has 0 aliphatic heterocycles.